The van der Waals surface area contributed by atoms with Gasteiger partial charge in [-0.2, -0.15) is 5.10 Å². The minimum atomic E-state index is -1.89. The van der Waals surface area contributed by atoms with Crippen LogP contribution >= 0.6 is 0 Å². The summed E-state index contributed by atoms with van der Waals surface area (Å²) in [5.74, 6) is 6.05. The van der Waals surface area contributed by atoms with Crippen molar-refractivity contribution in [1.82, 2.24) is 25.1 Å². The van der Waals surface area contributed by atoms with Crippen LogP contribution in [0.3, 0.4) is 0 Å². The van der Waals surface area contributed by atoms with Crippen molar-refractivity contribution < 1.29 is 13.3 Å². The second-order valence-electron chi connectivity index (χ2n) is 10.0. The summed E-state index contributed by atoms with van der Waals surface area (Å²) in [7, 11) is -1.89. The van der Waals surface area contributed by atoms with Crippen LogP contribution in [0.2, 0.25) is 0 Å². The van der Waals surface area contributed by atoms with E-state index in [1.165, 1.54) is 6.07 Å². The lowest BCUT2D eigenvalue weighted by molar-refractivity contribution is 0.191. The van der Waals surface area contributed by atoms with E-state index in [2.05, 4.69) is 35.8 Å². The Morgan fingerprint density at radius 3 is 2.71 bits per heavy atom. The van der Waals surface area contributed by atoms with Gasteiger partial charge in [0, 0.05) is 61.2 Å². The van der Waals surface area contributed by atoms with Crippen molar-refractivity contribution in [3.05, 3.63) is 30.3 Å². The van der Waals surface area contributed by atoms with E-state index in [4.69, 9.17) is 4.74 Å². The topological polar surface area (TPSA) is 87.2 Å². The predicted octanol–water partition coefficient (Wildman–Crippen LogP) is 2.70. The molecule has 2 unspecified atom stereocenters. The summed E-state index contributed by atoms with van der Waals surface area (Å²) >= 11 is 0. The molecule has 1 aromatic carbocycles. The second kappa shape index (κ2) is 7.91. The Bertz CT molecular complexity index is 1340. The van der Waals surface area contributed by atoms with E-state index < -0.39 is 15.3 Å². The Balaban J connectivity index is 1.22. The normalized spacial score (nSPS) is 26.8. The summed E-state index contributed by atoms with van der Waals surface area (Å²) in [6, 6.07) is 5.46. The molecule has 10 heteroatoms. The first-order valence-corrected chi connectivity index (χ1v) is 13.9. The fourth-order valence-electron chi connectivity index (χ4n) is 4.96. The molecule has 6 rings (SSSR count). The zero-order valence-corrected chi connectivity index (χ0v) is 20.1. The van der Waals surface area contributed by atoms with E-state index in [9.17, 15) is 8.60 Å². The first-order chi connectivity index (χ1) is 16.3. The third-order valence-electron chi connectivity index (χ3n) is 7.29. The molecule has 2 atom stereocenters. The zero-order chi connectivity index (χ0) is 23.5. The first kappa shape index (κ1) is 21.8. The molecule has 1 saturated carbocycles. The number of hydrogen-bond donors (Lipinski definition) is 1. The maximum Gasteiger partial charge on any atom is 0.167 e. The van der Waals surface area contributed by atoms with E-state index >= 15 is 0 Å². The molecule has 0 bridgehead atoms. The van der Waals surface area contributed by atoms with Crippen molar-refractivity contribution in [2.45, 2.75) is 37.8 Å². The van der Waals surface area contributed by atoms with E-state index in [1.807, 2.05) is 13.0 Å². The minimum absolute atomic E-state index is 0.249. The molecule has 0 radical (unpaired) electrons. The molecule has 2 aliphatic heterocycles. The molecule has 4 heterocycles. The third-order valence-corrected chi connectivity index (χ3v) is 9.27. The Labute approximate surface area is 198 Å². The van der Waals surface area contributed by atoms with Gasteiger partial charge >= 0.3 is 0 Å². The minimum Gasteiger partial charge on any atom is -0.484 e. The van der Waals surface area contributed by atoms with E-state index in [-0.39, 0.29) is 11.4 Å². The highest BCUT2D eigenvalue weighted by Crippen LogP contribution is 2.41. The van der Waals surface area contributed by atoms with E-state index in [0.29, 0.717) is 28.7 Å². The van der Waals surface area contributed by atoms with Crippen LogP contribution in [0.15, 0.2) is 24.5 Å². The molecule has 2 aromatic heterocycles. The maximum atomic E-state index is 14.6. The number of fused-ring (bicyclic) bond motifs is 1. The van der Waals surface area contributed by atoms with Gasteiger partial charge in [0.2, 0.25) is 0 Å². The van der Waals surface area contributed by atoms with Crippen molar-refractivity contribution >= 4 is 32.1 Å². The Kier molecular flexibility index (Phi) is 5.07. The van der Waals surface area contributed by atoms with Gasteiger partial charge in [-0.3, -0.25) is 14.2 Å². The molecule has 8 nitrogen and oxygen atoms in total. The summed E-state index contributed by atoms with van der Waals surface area (Å²) < 4.78 is 32.7. The van der Waals surface area contributed by atoms with E-state index in [0.717, 1.165) is 62.4 Å². The monoisotopic (exact) mass is 484 g/mol. The highest BCUT2D eigenvalue weighted by molar-refractivity contribution is 8.00. The van der Waals surface area contributed by atoms with Crippen LogP contribution in [-0.4, -0.2) is 84.5 Å². The van der Waals surface area contributed by atoms with Gasteiger partial charge in [-0.1, -0.05) is 0 Å². The molecule has 3 aliphatic rings. The largest absolute Gasteiger partial charge is 0.484 e. The molecule has 1 N–H and O–H groups in total. The number of ether oxygens (including phenoxy) is 1. The number of benzene rings is 1. The van der Waals surface area contributed by atoms with Crippen LogP contribution in [0.1, 0.15) is 26.2 Å². The number of nitrogens with one attached hydrogen (secondary N) is 1. The predicted molar refractivity (Wildman–Crippen MR) is 133 cm³/mol. The highest BCUT2D eigenvalue weighted by Gasteiger charge is 2.40. The molecule has 1 aliphatic carbocycles. The SMILES string of the molecule is C=S1(=O)CCC(N2CCN(c3cc(-c4n[nH]c5cc(F)c(OC6(C)CC6)cc45)ncn3)CC2)C1. The average Bonchev–Trinajstić information content (AvgIpc) is 3.23. The molecular formula is C24H29FN6O2S. The van der Waals surface area contributed by atoms with Gasteiger partial charge in [0.25, 0.3) is 0 Å². The number of aromatic amines is 1. The second-order valence-corrected chi connectivity index (χ2v) is 12.7. The Morgan fingerprint density at radius 1 is 1.21 bits per heavy atom. The number of anilines is 1. The van der Waals surface area contributed by atoms with Crippen LogP contribution in [0.4, 0.5) is 10.2 Å². The van der Waals surface area contributed by atoms with Gasteiger partial charge in [-0.05, 0) is 47.6 Å². The lowest BCUT2D eigenvalue weighted by Crippen LogP contribution is -2.51. The molecule has 2 saturated heterocycles. The van der Waals surface area contributed by atoms with Crippen molar-refractivity contribution in [3.63, 3.8) is 0 Å². The fraction of sp³-hybridized carbons (Fsp3) is 0.500. The standard InChI is InChI=1S/C24H29FN6O2S/c1-24(4-5-24)33-21-11-17-19(12-18(21)25)28-29-23(17)20-13-22(27-15-26-20)31-8-6-30(7-9-31)16-3-10-34(2,32)14-16/h11-13,15-16H,2-10,14H2,1H3,(H,28,29). The highest BCUT2D eigenvalue weighted by atomic mass is 32.2. The van der Waals surface area contributed by atoms with Crippen molar-refractivity contribution in [3.8, 4) is 17.1 Å². The molecule has 3 aromatic rings. The van der Waals surface area contributed by atoms with Gasteiger partial charge in [0.05, 0.1) is 11.2 Å². The molecule has 0 amide bonds. The quantitative estimate of drug-likeness (QED) is 0.557. The van der Waals surface area contributed by atoms with Gasteiger partial charge in [-0.25, -0.2) is 14.4 Å². The van der Waals surface area contributed by atoms with E-state index in [1.54, 1.807) is 12.4 Å². The number of halogens is 1. The lowest BCUT2D eigenvalue weighted by Gasteiger charge is -2.38. The van der Waals surface area contributed by atoms with Crippen molar-refractivity contribution in [1.29, 1.82) is 0 Å². The number of nitrogens with zero attached hydrogens (tertiary/aromatic N) is 5. The Morgan fingerprint density at radius 2 is 2.00 bits per heavy atom. The summed E-state index contributed by atoms with van der Waals surface area (Å²) in [4.78, 5) is 13.6. The van der Waals surface area contributed by atoms with Crippen molar-refractivity contribution in [2.24, 2.45) is 0 Å². The van der Waals surface area contributed by atoms with Gasteiger partial charge in [0.15, 0.2) is 11.6 Å². The van der Waals surface area contributed by atoms with Crippen LogP contribution in [0.5, 0.6) is 5.75 Å². The van der Waals surface area contributed by atoms with Crippen LogP contribution in [0.25, 0.3) is 22.3 Å². The first-order valence-electron chi connectivity index (χ1n) is 11.8. The van der Waals surface area contributed by atoms with Crippen LogP contribution < -0.4 is 9.64 Å². The molecule has 180 valence electrons. The molecule has 0 spiro atoms. The molecule has 3 fully saturated rings. The summed E-state index contributed by atoms with van der Waals surface area (Å²) in [5, 5.41) is 8.12. The number of piperazine rings is 1. The summed E-state index contributed by atoms with van der Waals surface area (Å²) in [6.45, 7) is 5.49. The Hall–Kier alpha value is -2.72. The van der Waals surface area contributed by atoms with Gasteiger partial charge in [0.1, 0.15) is 23.4 Å². The number of aromatic nitrogens is 4. The van der Waals surface area contributed by atoms with Gasteiger partial charge < -0.3 is 9.64 Å². The number of rotatable bonds is 5. The smallest absolute Gasteiger partial charge is 0.167 e. The zero-order valence-electron chi connectivity index (χ0n) is 19.3. The van der Waals surface area contributed by atoms with Crippen LogP contribution in [-0.2, 0) is 9.52 Å². The van der Waals surface area contributed by atoms with Crippen molar-refractivity contribution in [2.75, 3.05) is 42.6 Å². The van der Waals surface area contributed by atoms with Gasteiger partial charge in [-0.15, -0.1) is 0 Å². The maximum absolute atomic E-state index is 14.6. The fourth-order valence-corrected chi connectivity index (χ4v) is 6.90. The molecular weight excluding hydrogens is 455 g/mol. The number of H-pyrrole nitrogens is 1. The summed E-state index contributed by atoms with van der Waals surface area (Å²) in [6.07, 6.45) is 4.39. The molecule has 34 heavy (non-hydrogen) atoms. The third kappa shape index (κ3) is 4.13. The average molecular weight is 485 g/mol. The number of hydrogen-bond acceptors (Lipinski definition) is 7. The summed E-state index contributed by atoms with van der Waals surface area (Å²) in [5.41, 5.74) is 1.67. The lowest BCUT2D eigenvalue weighted by atomic mass is 10.1. The van der Waals surface area contributed by atoms with Crippen LogP contribution in [0, 0.1) is 5.82 Å².